The van der Waals surface area contributed by atoms with Gasteiger partial charge in [0, 0.05) is 19.1 Å². The maximum absolute atomic E-state index is 13.9. The third-order valence-electron chi connectivity index (χ3n) is 3.28. The molecular formula is C13H15ClF4N2O. The van der Waals surface area contributed by atoms with E-state index in [0.29, 0.717) is 19.0 Å². The summed E-state index contributed by atoms with van der Waals surface area (Å²) < 4.78 is 51.7. The van der Waals surface area contributed by atoms with E-state index in [-0.39, 0.29) is 25.0 Å². The molecule has 2 rings (SSSR count). The highest BCUT2D eigenvalue weighted by Gasteiger charge is 2.36. The number of nitrogens with two attached hydrogens (primary N) is 1. The van der Waals surface area contributed by atoms with Crippen LogP contribution in [-0.2, 0) is 6.18 Å². The third-order valence-corrected chi connectivity index (χ3v) is 3.28. The number of benzene rings is 1. The van der Waals surface area contributed by atoms with Gasteiger partial charge in [-0.3, -0.25) is 4.79 Å². The summed E-state index contributed by atoms with van der Waals surface area (Å²) in [6.07, 6.45) is -3.42. The van der Waals surface area contributed by atoms with Crippen molar-refractivity contribution in [2.24, 2.45) is 5.73 Å². The number of amides is 1. The summed E-state index contributed by atoms with van der Waals surface area (Å²) in [5.74, 6) is -2.27. The number of rotatable bonds is 1. The van der Waals surface area contributed by atoms with Gasteiger partial charge in [-0.1, -0.05) is 6.07 Å². The van der Waals surface area contributed by atoms with Crippen LogP contribution in [-0.4, -0.2) is 29.9 Å². The molecule has 1 saturated heterocycles. The van der Waals surface area contributed by atoms with E-state index in [1.54, 1.807) is 0 Å². The SMILES string of the molecule is Cl.N[C@@H]1CCCN(C(=O)c2cccc(C(F)(F)F)c2F)C1. The van der Waals surface area contributed by atoms with Gasteiger partial charge in [-0.05, 0) is 25.0 Å². The third kappa shape index (κ3) is 3.85. The van der Waals surface area contributed by atoms with Gasteiger partial charge in [0.25, 0.3) is 5.91 Å². The number of hydrogen-bond acceptors (Lipinski definition) is 2. The molecule has 0 aromatic heterocycles. The summed E-state index contributed by atoms with van der Waals surface area (Å²) in [7, 11) is 0. The van der Waals surface area contributed by atoms with Gasteiger partial charge in [0.1, 0.15) is 5.82 Å². The first-order valence-corrected chi connectivity index (χ1v) is 6.21. The molecule has 1 amide bonds. The average molecular weight is 327 g/mol. The maximum atomic E-state index is 13.9. The Morgan fingerprint density at radius 2 is 2.00 bits per heavy atom. The van der Waals surface area contributed by atoms with Crippen LogP contribution in [0.2, 0.25) is 0 Å². The highest BCUT2D eigenvalue weighted by atomic mass is 35.5. The van der Waals surface area contributed by atoms with Gasteiger partial charge in [-0.25, -0.2) is 4.39 Å². The molecule has 0 bridgehead atoms. The van der Waals surface area contributed by atoms with E-state index in [0.717, 1.165) is 18.6 Å². The van der Waals surface area contributed by atoms with Gasteiger partial charge in [0.2, 0.25) is 0 Å². The van der Waals surface area contributed by atoms with Crippen molar-refractivity contribution in [3.05, 3.63) is 35.1 Å². The largest absolute Gasteiger partial charge is 0.419 e. The van der Waals surface area contributed by atoms with Crippen molar-refractivity contribution in [2.75, 3.05) is 13.1 Å². The summed E-state index contributed by atoms with van der Waals surface area (Å²) in [6, 6.07) is 2.49. The minimum Gasteiger partial charge on any atom is -0.337 e. The zero-order chi connectivity index (χ0) is 14.9. The molecule has 0 saturated carbocycles. The number of nitrogens with zero attached hydrogens (tertiary/aromatic N) is 1. The number of carbonyl (C=O) groups excluding carboxylic acids is 1. The maximum Gasteiger partial charge on any atom is 0.419 e. The lowest BCUT2D eigenvalue weighted by atomic mass is 10.0. The Balaban J connectivity index is 0.00000220. The van der Waals surface area contributed by atoms with Gasteiger partial charge in [0.15, 0.2) is 0 Å². The molecule has 118 valence electrons. The zero-order valence-electron chi connectivity index (χ0n) is 11.0. The quantitative estimate of drug-likeness (QED) is 0.807. The van der Waals surface area contributed by atoms with Crippen molar-refractivity contribution in [1.82, 2.24) is 4.90 Å². The van der Waals surface area contributed by atoms with Crippen molar-refractivity contribution in [3.8, 4) is 0 Å². The lowest BCUT2D eigenvalue weighted by Gasteiger charge is -2.31. The van der Waals surface area contributed by atoms with Gasteiger partial charge in [0.05, 0.1) is 11.1 Å². The Morgan fingerprint density at radius 3 is 2.57 bits per heavy atom. The molecule has 1 atom stereocenters. The average Bonchev–Trinajstić information content (AvgIpc) is 2.37. The smallest absolute Gasteiger partial charge is 0.337 e. The summed E-state index contributed by atoms with van der Waals surface area (Å²) in [5, 5.41) is 0. The second kappa shape index (κ2) is 6.62. The van der Waals surface area contributed by atoms with Crippen LogP contribution in [0.1, 0.15) is 28.8 Å². The van der Waals surface area contributed by atoms with Crippen LogP contribution < -0.4 is 5.73 Å². The van der Waals surface area contributed by atoms with E-state index in [2.05, 4.69) is 0 Å². The predicted octanol–water partition coefficient (Wildman–Crippen LogP) is 2.83. The van der Waals surface area contributed by atoms with Crippen LogP contribution in [0.15, 0.2) is 18.2 Å². The first kappa shape index (κ1) is 17.7. The second-order valence-corrected chi connectivity index (χ2v) is 4.82. The van der Waals surface area contributed by atoms with Crippen LogP contribution in [0.3, 0.4) is 0 Å². The van der Waals surface area contributed by atoms with Crippen LogP contribution in [0.5, 0.6) is 0 Å². The Kier molecular flexibility index (Phi) is 5.58. The topological polar surface area (TPSA) is 46.3 Å². The minimum absolute atomic E-state index is 0. The summed E-state index contributed by atoms with van der Waals surface area (Å²) >= 11 is 0. The molecule has 1 aliphatic heterocycles. The van der Waals surface area contributed by atoms with Crippen molar-refractivity contribution in [1.29, 1.82) is 0 Å². The predicted molar refractivity (Wildman–Crippen MR) is 71.8 cm³/mol. The molecule has 0 unspecified atom stereocenters. The molecule has 2 N–H and O–H groups in total. The fourth-order valence-corrected chi connectivity index (χ4v) is 2.28. The molecule has 0 radical (unpaired) electrons. The van der Waals surface area contributed by atoms with Crippen LogP contribution in [0.4, 0.5) is 17.6 Å². The summed E-state index contributed by atoms with van der Waals surface area (Å²) in [4.78, 5) is 13.4. The summed E-state index contributed by atoms with van der Waals surface area (Å²) in [5.41, 5.74) is 3.72. The fraction of sp³-hybridized carbons (Fsp3) is 0.462. The first-order valence-electron chi connectivity index (χ1n) is 6.21. The van der Waals surface area contributed by atoms with Crippen LogP contribution in [0, 0.1) is 5.82 Å². The molecule has 8 heteroatoms. The van der Waals surface area contributed by atoms with Gasteiger partial charge < -0.3 is 10.6 Å². The normalized spacial score (nSPS) is 19.1. The molecule has 1 aliphatic rings. The van der Waals surface area contributed by atoms with Gasteiger partial charge in [-0.2, -0.15) is 13.2 Å². The molecule has 1 heterocycles. The Labute approximate surface area is 125 Å². The van der Waals surface area contributed by atoms with E-state index in [1.807, 2.05) is 0 Å². The molecule has 1 fully saturated rings. The fourth-order valence-electron chi connectivity index (χ4n) is 2.28. The van der Waals surface area contributed by atoms with Gasteiger partial charge in [-0.15, -0.1) is 12.4 Å². The van der Waals surface area contributed by atoms with Crippen molar-refractivity contribution >= 4 is 18.3 Å². The molecular weight excluding hydrogens is 312 g/mol. The van der Waals surface area contributed by atoms with E-state index in [1.165, 1.54) is 4.90 Å². The molecule has 0 spiro atoms. The van der Waals surface area contributed by atoms with Crippen LogP contribution in [0.25, 0.3) is 0 Å². The van der Waals surface area contributed by atoms with Crippen molar-refractivity contribution < 1.29 is 22.4 Å². The molecule has 0 aliphatic carbocycles. The highest BCUT2D eigenvalue weighted by Crippen LogP contribution is 2.32. The number of hydrogen-bond donors (Lipinski definition) is 1. The van der Waals surface area contributed by atoms with E-state index in [9.17, 15) is 22.4 Å². The number of carbonyl (C=O) groups is 1. The molecule has 1 aromatic carbocycles. The second-order valence-electron chi connectivity index (χ2n) is 4.82. The molecule has 21 heavy (non-hydrogen) atoms. The standard InChI is InChI=1S/C13H14F4N2O.ClH/c14-11-9(4-1-5-10(11)13(15,16)17)12(20)19-6-2-3-8(18)7-19;/h1,4-5,8H,2-3,6-7,18H2;1H/t8-;/m1./s1. The highest BCUT2D eigenvalue weighted by molar-refractivity contribution is 5.94. The first-order chi connectivity index (χ1) is 9.30. The monoisotopic (exact) mass is 326 g/mol. The van der Waals surface area contributed by atoms with Crippen molar-refractivity contribution in [3.63, 3.8) is 0 Å². The number of alkyl halides is 3. The zero-order valence-corrected chi connectivity index (χ0v) is 11.8. The number of likely N-dealkylation sites (tertiary alicyclic amines) is 1. The lowest BCUT2D eigenvalue weighted by molar-refractivity contribution is -0.140. The lowest BCUT2D eigenvalue weighted by Crippen LogP contribution is -2.46. The Hall–Kier alpha value is -1.34. The van der Waals surface area contributed by atoms with Crippen LogP contribution >= 0.6 is 12.4 Å². The van der Waals surface area contributed by atoms with E-state index >= 15 is 0 Å². The summed E-state index contributed by atoms with van der Waals surface area (Å²) in [6.45, 7) is 0.608. The van der Waals surface area contributed by atoms with E-state index < -0.39 is 29.0 Å². The minimum atomic E-state index is -4.82. The Bertz CT molecular complexity index is 521. The molecule has 3 nitrogen and oxygen atoms in total. The van der Waals surface area contributed by atoms with Gasteiger partial charge >= 0.3 is 6.18 Å². The number of halogens is 5. The number of piperidine rings is 1. The molecule has 1 aromatic rings. The Morgan fingerprint density at radius 1 is 1.33 bits per heavy atom. The van der Waals surface area contributed by atoms with E-state index in [4.69, 9.17) is 5.73 Å². The van der Waals surface area contributed by atoms with Crippen molar-refractivity contribution in [2.45, 2.75) is 25.1 Å².